The molecule has 86 valence electrons. The Hall–Kier alpha value is -1.42. The third-order valence-corrected chi connectivity index (χ3v) is 3.02. The highest BCUT2D eigenvalue weighted by atomic mass is 16.4. The molecule has 0 spiro atoms. The zero-order chi connectivity index (χ0) is 11.4. The second kappa shape index (κ2) is 5.07. The van der Waals surface area contributed by atoms with Crippen molar-refractivity contribution in [3.05, 3.63) is 30.1 Å². The lowest BCUT2D eigenvalue weighted by atomic mass is 9.96. The minimum absolute atomic E-state index is 0.125. The van der Waals surface area contributed by atoms with Crippen molar-refractivity contribution in [3.8, 4) is 0 Å². The Balaban J connectivity index is 2.13. The first-order valence-corrected chi connectivity index (χ1v) is 5.63. The highest BCUT2D eigenvalue weighted by Crippen LogP contribution is 2.29. The molecule has 0 bridgehead atoms. The molecule has 1 fully saturated rings. The number of rotatable bonds is 3. The van der Waals surface area contributed by atoms with Gasteiger partial charge in [-0.2, -0.15) is 0 Å². The van der Waals surface area contributed by atoms with Gasteiger partial charge in [-0.15, -0.1) is 0 Å². The van der Waals surface area contributed by atoms with Gasteiger partial charge in [-0.3, -0.25) is 14.7 Å². The fraction of sp³-hybridized carbons (Fsp3) is 0.500. The molecule has 0 aliphatic carbocycles. The minimum Gasteiger partial charge on any atom is -0.480 e. The summed E-state index contributed by atoms with van der Waals surface area (Å²) >= 11 is 0. The van der Waals surface area contributed by atoms with Crippen LogP contribution in [0.1, 0.15) is 30.9 Å². The van der Waals surface area contributed by atoms with Gasteiger partial charge in [0.15, 0.2) is 0 Å². The normalized spacial score (nSPS) is 21.9. The molecule has 4 nitrogen and oxygen atoms in total. The van der Waals surface area contributed by atoms with E-state index in [4.69, 9.17) is 5.11 Å². The standard InChI is InChI=1S/C12H16N2O2/c15-12(16)9-14-7-2-1-5-11(14)10-4-3-6-13-8-10/h3-4,6,8,11H,1-2,5,7,9H2,(H,15,16)/t11-/m1/s1. The molecule has 1 aromatic heterocycles. The Morgan fingerprint density at radius 3 is 3.12 bits per heavy atom. The lowest BCUT2D eigenvalue weighted by Gasteiger charge is -2.34. The summed E-state index contributed by atoms with van der Waals surface area (Å²) < 4.78 is 0. The summed E-state index contributed by atoms with van der Waals surface area (Å²) in [7, 11) is 0. The van der Waals surface area contributed by atoms with Crippen LogP contribution in [-0.2, 0) is 4.79 Å². The maximum atomic E-state index is 10.8. The van der Waals surface area contributed by atoms with Gasteiger partial charge in [0.2, 0.25) is 0 Å². The number of aromatic nitrogens is 1. The van der Waals surface area contributed by atoms with Crippen molar-refractivity contribution in [1.29, 1.82) is 0 Å². The van der Waals surface area contributed by atoms with E-state index < -0.39 is 5.97 Å². The summed E-state index contributed by atoms with van der Waals surface area (Å²) in [5.41, 5.74) is 1.13. The quantitative estimate of drug-likeness (QED) is 0.842. The van der Waals surface area contributed by atoms with Crippen LogP contribution in [0.4, 0.5) is 0 Å². The fourth-order valence-corrected chi connectivity index (χ4v) is 2.30. The summed E-state index contributed by atoms with van der Waals surface area (Å²) in [6.07, 6.45) is 6.86. The second-order valence-electron chi connectivity index (χ2n) is 4.16. The molecule has 0 amide bonds. The number of carbonyl (C=O) groups is 1. The Morgan fingerprint density at radius 2 is 2.44 bits per heavy atom. The van der Waals surface area contributed by atoms with Crippen LogP contribution in [0.5, 0.6) is 0 Å². The van der Waals surface area contributed by atoms with Crippen molar-refractivity contribution in [2.45, 2.75) is 25.3 Å². The Kier molecular flexibility index (Phi) is 3.51. The summed E-state index contributed by atoms with van der Waals surface area (Å²) in [6.45, 7) is 0.991. The molecule has 1 aliphatic heterocycles. The lowest BCUT2D eigenvalue weighted by Crippen LogP contribution is -2.37. The smallest absolute Gasteiger partial charge is 0.317 e. The van der Waals surface area contributed by atoms with Crippen molar-refractivity contribution in [1.82, 2.24) is 9.88 Å². The number of piperidine rings is 1. The zero-order valence-corrected chi connectivity index (χ0v) is 9.17. The van der Waals surface area contributed by atoms with Gasteiger partial charge < -0.3 is 5.11 Å². The van der Waals surface area contributed by atoms with Gasteiger partial charge >= 0.3 is 5.97 Å². The van der Waals surface area contributed by atoms with Gasteiger partial charge in [-0.1, -0.05) is 12.5 Å². The van der Waals surface area contributed by atoms with Gasteiger partial charge in [0.25, 0.3) is 0 Å². The van der Waals surface area contributed by atoms with Crippen LogP contribution in [0, 0.1) is 0 Å². The zero-order valence-electron chi connectivity index (χ0n) is 9.17. The lowest BCUT2D eigenvalue weighted by molar-refractivity contribution is -0.139. The Labute approximate surface area is 94.9 Å². The molecule has 2 rings (SSSR count). The molecule has 0 radical (unpaired) electrons. The fourth-order valence-electron chi connectivity index (χ4n) is 2.30. The molecule has 1 atom stereocenters. The van der Waals surface area contributed by atoms with Crippen LogP contribution in [0.15, 0.2) is 24.5 Å². The van der Waals surface area contributed by atoms with Crippen molar-refractivity contribution in [3.63, 3.8) is 0 Å². The molecule has 1 N–H and O–H groups in total. The topological polar surface area (TPSA) is 53.4 Å². The van der Waals surface area contributed by atoms with Crippen molar-refractivity contribution in [2.75, 3.05) is 13.1 Å². The molecular formula is C12H16N2O2. The Morgan fingerprint density at radius 1 is 1.56 bits per heavy atom. The summed E-state index contributed by atoms with van der Waals surface area (Å²) in [6, 6.07) is 4.15. The third-order valence-electron chi connectivity index (χ3n) is 3.02. The predicted molar refractivity (Wildman–Crippen MR) is 60.0 cm³/mol. The van der Waals surface area contributed by atoms with E-state index in [9.17, 15) is 4.79 Å². The van der Waals surface area contributed by atoms with Gasteiger partial charge in [0, 0.05) is 18.4 Å². The molecule has 2 heterocycles. The highest BCUT2D eigenvalue weighted by Gasteiger charge is 2.25. The van der Waals surface area contributed by atoms with Crippen LogP contribution in [0.25, 0.3) is 0 Å². The molecule has 0 unspecified atom stereocenters. The molecule has 0 saturated carbocycles. The van der Waals surface area contributed by atoms with E-state index in [1.54, 1.807) is 6.20 Å². The Bertz CT molecular complexity index is 353. The van der Waals surface area contributed by atoms with E-state index in [0.29, 0.717) is 0 Å². The molecule has 16 heavy (non-hydrogen) atoms. The summed E-state index contributed by atoms with van der Waals surface area (Å²) in [5.74, 6) is -0.754. The first-order valence-electron chi connectivity index (χ1n) is 5.63. The van der Waals surface area contributed by atoms with Crippen molar-refractivity contribution >= 4 is 5.97 Å². The molecule has 1 aromatic rings. The first kappa shape index (κ1) is 11.1. The third kappa shape index (κ3) is 2.58. The first-order chi connectivity index (χ1) is 7.77. The monoisotopic (exact) mass is 220 g/mol. The van der Waals surface area contributed by atoms with Crippen LogP contribution >= 0.6 is 0 Å². The van der Waals surface area contributed by atoms with E-state index in [0.717, 1.165) is 31.4 Å². The van der Waals surface area contributed by atoms with Crippen LogP contribution in [0.3, 0.4) is 0 Å². The van der Waals surface area contributed by atoms with Gasteiger partial charge in [0.05, 0.1) is 6.54 Å². The summed E-state index contributed by atoms with van der Waals surface area (Å²) in [5, 5.41) is 8.87. The molecule has 1 aliphatic rings. The van der Waals surface area contributed by atoms with E-state index >= 15 is 0 Å². The maximum Gasteiger partial charge on any atom is 0.317 e. The predicted octanol–water partition coefficient (Wildman–Crippen LogP) is 1.69. The van der Waals surface area contributed by atoms with Crippen molar-refractivity contribution < 1.29 is 9.90 Å². The van der Waals surface area contributed by atoms with E-state index in [2.05, 4.69) is 4.98 Å². The molecule has 0 aromatic carbocycles. The van der Waals surface area contributed by atoms with Crippen LogP contribution in [-0.4, -0.2) is 34.0 Å². The minimum atomic E-state index is -0.754. The maximum absolute atomic E-state index is 10.8. The number of hydrogen-bond donors (Lipinski definition) is 1. The number of carboxylic acid groups (broad SMARTS) is 1. The highest BCUT2D eigenvalue weighted by molar-refractivity contribution is 5.69. The number of hydrogen-bond acceptors (Lipinski definition) is 3. The molecular weight excluding hydrogens is 204 g/mol. The summed E-state index contributed by atoms with van der Waals surface area (Å²) in [4.78, 5) is 16.9. The van der Waals surface area contributed by atoms with E-state index in [1.165, 1.54) is 0 Å². The van der Waals surface area contributed by atoms with Crippen LogP contribution in [0.2, 0.25) is 0 Å². The number of nitrogens with zero attached hydrogens (tertiary/aromatic N) is 2. The number of pyridine rings is 1. The number of carboxylic acids is 1. The SMILES string of the molecule is O=C(O)CN1CCCC[C@@H]1c1cccnc1. The van der Waals surface area contributed by atoms with Crippen molar-refractivity contribution in [2.24, 2.45) is 0 Å². The van der Waals surface area contributed by atoms with Gasteiger partial charge in [-0.05, 0) is 31.0 Å². The van der Waals surface area contributed by atoms with E-state index in [-0.39, 0.29) is 12.6 Å². The largest absolute Gasteiger partial charge is 0.480 e. The number of aliphatic carboxylic acids is 1. The average molecular weight is 220 g/mol. The van der Waals surface area contributed by atoms with Crippen LogP contribution < -0.4 is 0 Å². The van der Waals surface area contributed by atoms with Gasteiger partial charge in [-0.25, -0.2) is 0 Å². The van der Waals surface area contributed by atoms with E-state index in [1.807, 2.05) is 23.2 Å². The number of likely N-dealkylation sites (tertiary alicyclic amines) is 1. The average Bonchev–Trinajstić information content (AvgIpc) is 2.30. The molecule has 4 heteroatoms. The van der Waals surface area contributed by atoms with Gasteiger partial charge in [0.1, 0.15) is 0 Å². The second-order valence-corrected chi connectivity index (χ2v) is 4.16. The molecule has 1 saturated heterocycles.